The summed E-state index contributed by atoms with van der Waals surface area (Å²) in [6.45, 7) is 8.57. The highest BCUT2D eigenvalue weighted by atomic mass is 16.5. The molecule has 0 radical (unpaired) electrons. The third-order valence-electron chi connectivity index (χ3n) is 4.02. The highest BCUT2D eigenvalue weighted by Crippen LogP contribution is 2.29. The van der Waals surface area contributed by atoms with Gasteiger partial charge in [0.25, 0.3) is 5.91 Å². The number of aromatic nitrogens is 2. The lowest BCUT2D eigenvalue weighted by Crippen LogP contribution is -2.17. The van der Waals surface area contributed by atoms with Crippen LogP contribution in [0.15, 0.2) is 30.6 Å². The van der Waals surface area contributed by atoms with Crippen LogP contribution in [-0.4, -0.2) is 29.5 Å². The average Bonchev–Trinajstić information content (AvgIpc) is 2.62. The summed E-state index contributed by atoms with van der Waals surface area (Å²) in [5.74, 6) is 0.309. The molecule has 0 atom stereocenters. The summed E-state index contributed by atoms with van der Waals surface area (Å²) >= 11 is 0. The molecule has 27 heavy (non-hydrogen) atoms. The van der Waals surface area contributed by atoms with Crippen molar-refractivity contribution in [2.75, 3.05) is 18.9 Å². The van der Waals surface area contributed by atoms with Crippen molar-refractivity contribution < 1.29 is 9.53 Å². The van der Waals surface area contributed by atoms with Crippen molar-refractivity contribution in [3.05, 3.63) is 41.9 Å². The van der Waals surface area contributed by atoms with E-state index in [1.54, 1.807) is 0 Å². The van der Waals surface area contributed by atoms with Gasteiger partial charge in [0, 0.05) is 13.6 Å². The fourth-order valence-corrected chi connectivity index (χ4v) is 2.56. The van der Waals surface area contributed by atoms with Gasteiger partial charge in [-0.05, 0) is 42.5 Å². The Morgan fingerprint density at radius 2 is 2.00 bits per heavy atom. The van der Waals surface area contributed by atoms with E-state index >= 15 is 0 Å². The van der Waals surface area contributed by atoms with Crippen molar-refractivity contribution in [1.29, 1.82) is 0 Å². The van der Waals surface area contributed by atoms with Gasteiger partial charge in [0.2, 0.25) is 5.88 Å². The third kappa shape index (κ3) is 6.86. The first-order valence-electron chi connectivity index (χ1n) is 9.09. The second-order valence-corrected chi connectivity index (χ2v) is 7.63. The Morgan fingerprint density at radius 1 is 1.22 bits per heavy atom. The molecule has 0 saturated carbocycles. The van der Waals surface area contributed by atoms with Gasteiger partial charge in [0.05, 0.1) is 18.1 Å². The van der Waals surface area contributed by atoms with Crippen molar-refractivity contribution in [3.63, 3.8) is 0 Å². The maximum atomic E-state index is 11.0. The smallest absolute Gasteiger partial charge is 0.268 e. The van der Waals surface area contributed by atoms with E-state index in [-0.39, 0.29) is 5.69 Å². The van der Waals surface area contributed by atoms with Crippen LogP contribution in [0, 0.1) is 5.41 Å². The first-order chi connectivity index (χ1) is 12.8. The maximum Gasteiger partial charge on any atom is 0.268 e. The summed E-state index contributed by atoms with van der Waals surface area (Å²) < 4.78 is 5.76. The van der Waals surface area contributed by atoms with Crippen molar-refractivity contribution in [2.24, 2.45) is 11.1 Å². The van der Waals surface area contributed by atoms with Crippen LogP contribution in [0.25, 0.3) is 0 Å². The number of amides is 1. The van der Waals surface area contributed by atoms with Crippen LogP contribution in [-0.2, 0) is 6.54 Å². The number of anilines is 1. The SMILES string of the molecule is CNc1cc(CNCCCC(C)(C)C)ccc1Oc1cnc(C(N)=O)cn1. The van der Waals surface area contributed by atoms with Gasteiger partial charge in [-0.25, -0.2) is 9.97 Å². The van der Waals surface area contributed by atoms with E-state index in [0.29, 0.717) is 17.0 Å². The summed E-state index contributed by atoms with van der Waals surface area (Å²) in [6.07, 6.45) is 5.03. The number of primary amides is 1. The minimum atomic E-state index is -0.621. The molecule has 2 aromatic rings. The molecular weight excluding hydrogens is 342 g/mol. The van der Waals surface area contributed by atoms with Gasteiger partial charge in [0.1, 0.15) is 5.69 Å². The van der Waals surface area contributed by atoms with E-state index in [1.165, 1.54) is 18.8 Å². The molecule has 0 fully saturated rings. The first-order valence-corrected chi connectivity index (χ1v) is 9.09. The average molecular weight is 371 g/mol. The zero-order chi connectivity index (χ0) is 19.9. The van der Waals surface area contributed by atoms with Gasteiger partial charge < -0.3 is 21.1 Å². The molecule has 0 aliphatic carbocycles. The maximum absolute atomic E-state index is 11.0. The number of ether oxygens (including phenoxy) is 1. The Balaban J connectivity index is 1.94. The van der Waals surface area contributed by atoms with E-state index in [9.17, 15) is 4.79 Å². The van der Waals surface area contributed by atoms with Gasteiger partial charge in [0.15, 0.2) is 5.75 Å². The summed E-state index contributed by atoms with van der Waals surface area (Å²) in [5.41, 5.74) is 7.65. The van der Waals surface area contributed by atoms with Crippen LogP contribution < -0.4 is 21.1 Å². The van der Waals surface area contributed by atoms with E-state index in [4.69, 9.17) is 10.5 Å². The number of nitrogens with one attached hydrogen (secondary N) is 2. The second kappa shape index (κ2) is 9.32. The fraction of sp³-hybridized carbons (Fsp3) is 0.450. The highest BCUT2D eigenvalue weighted by Gasteiger charge is 2.10. The Kier molecular flexibility index (Phi) is 7.12. The lowest BCUT2D eigenvalue weighted by molar-refractivity contribution is 0.0995. The Morgan fingerprint density at radius 3 is 2.59 bits per heavy atom. The van der Waals surface area contributed by atoms with Gasteiger partial charge >= 0.3 is 0 Å². The first kappa shape index (κ1) is 20.6. The molecule has 146 valence electrons. The molecule has 1 heterocycles. The van der Waals surface area contributed by atoms with Crippen LogP contribution >= 0.6 is 0 Å². The number of carbonyl (C=O) groups is 1. The number of rotatable bonds is 9. The van der Waals surface area contributed by atoms with E-state index in [2.05, 4.69) is 41.4 Å². The van der Waals surface area contributed by atoms with Gasteiger partial charge in [-0.15, -0.1) is 0 Å². The van der Waals surface area contributed by atoms with Crippen molar-refractivity contribution in [1.82, 2.24) is 15.3 Å². The highest BCUT2D eigenvalue weighted by molar-refractivity contribution is 5.90. The fourth-order valence-electron chi connectivity index (χ4n) is 2.56. The molecule has 0 aliphatic heterocycles. The molecule has 0 bridgehead atoms. The predicted octanol–water partition coefficient (Wildman–Crippen LogP) is 3.33. The molecule has 7 heteroatoms. The molecule has 7 nitrogen and oxygen atoms in total. The Labute approximate surface area is 160 Å². The zero-order valence-electron chi connectivity index (χ0n) is 16.5. The monoisotopic (exact) mass is 371 g/mol. The Hall–Kier alpha value is -2.67. The second-order valence-electron chi connectivity index (χ2n) is 7.63. The summed E-state index contributed by atoms with van der Waals surface area (Å²) in [6, 6.07) is 5.94. The molecular formula is C20H29N5O2. The summed E-state index contributed by atoms with van der Waals surface area (Å²) in [5, 5.41) is 6.61. The van der Waals surface area contributed by atoms with Crippen molar-refractivity contribution >= 4 is 11.6 Å². The molecule has 1 aromatic carbocycles. The third-order valence-corrected chi connectivity index (χ3v) is 4.02. The summed E-state index contributed by atoms with van der Waals surface area (Å²) in [4.78, 5) is 19.0. The topological polar surface area (TPSA) is 102 Å². The van der Waals surface area contributed by atoms with Gasteiger partial charge in [-0.1, -0.05) is 26.8 Å². The number of nitrogens with zero attached hydrogens (tertiary/aromatic N) is 2. The quantitative estimate of drug-likeness (QED) is 0.584. The zero-order valence-corrected chi connectivity index (χ0v) is 16.5. The van der Waals surface area contributed by atoms with Gasteiger partial charge in [-0.3, -0.25) is 4.79 Å². The lowest BCUT2D eigenvalue weighted by Gasteiger charge is -2.18. The number of benzene rings is 1. The molecule has 4 N–H and O–H groups in total. The van der Waals surface area contributed by atoms with Crippen LogP contribution in [0.5, 0.6) is 11.6 Å². The number of carbonyl (C=O) groups excluding carboxylic acids is 1. The molecule has 1 aromatic heterocycles. The molecule has 0 aliphatic rings. The van der Waals surface area contributed by atoms with E-state index in [1.807, 2.05) is 25.2 Å². The number of hydrogen-bond donors (Lipinski definition) is 3. The predicted molar refractivity (Wildman–Crippen MR) is 107 cm³/mol. The standard InChI is InChI=1S/C20H29N5O2/c1-20(2,3)8-5-9-23-11-14-6-7-17(15(10-14)22-4)27-18-13-24-16(12-25-18)19(21)26/h6-7,10,12-13,22-23H,5,8-9,11H2,1-4H3,(H2,21,26). The summed E-state index contributed by atoms with van der Waals surface area (Å²) in [7, 11) is 1.84. The van der Waals surface area contributed by atoms with E-state index < -0.39 is 5.91 Å². The minimum Gasteiger partial charge on any atom is -0.435 e. The van der Waals surface area contributed by atoms with Crippen LogP contribution in [0.2, 0.25) is 0 Å². The van der Waals surface area contributed by atoms with Crippen molar-refractivity contribution in [2.45, 2.75) is 40.2 Å². The van der Waals surface area contributed by atoms with Gasteiger partial charge in [-0.2, -0.15) is 0 Å². The normalized spacial score (nSPS) is 11.3. The van der Waals surface area contributed by atoms with Crippen LogP contribution in [0.3, 0.4) is 0 Å². The number of nitrogens with two attached hydrogens (primary N) is 1. The minimum absolute atomic E-state index is 0.101. The lowest BCUT2D eigenvalue weighted by atomic mass is 9.91. The Bertz CT molecular complexity index is 754. The molecule has 0 saturated heterocycles. The van der Waals surface area contributed by atoms with Crippen molar-refractivity contribution in [3.8, 4) is 11.6 Å². The molecule has 0 unspecified atom stereocenters. The van der Waals surface area contributed by atoms with Crippen LogP contribution in [0.4, 0.5) is 5.69 Å². The van der Waals surface area contributed by atoms with Crippen LogP contribution in [0.1, 0.15) is 49.7 Å². The molecule has 1 amide bonds. The molecule has 0 spiro atoms. The van der Waals surface area contributed by atoms with E-state index in [0.717, 1.165) is 30.8 Å². The largest absolute Gasteiger partial charge is 0.435 e. The molecule has 2 rings (SSSR count). The number of hydrogen-bond acceptors (Lipinski definition) is 6.